The van der Waals surface area contributed by atoms with Crippen LogP contribution in [0.25, 0.3) is 27.7 Å². The fraction of sp³-hybridized carbons (Fsp3) is 0.258. The third kappa shape index (κ3) is 3.50. The lowest BCUT2D eigenvalue weighted by Gasteiger charge is -2.30. The third-order valence-corrected chi connectivity index (χ3v) is 6.86. The van der Waals surface area contributed by atoms with Crippen molar-refractivity contribution in [1.29, 1.82) is 0 Å². The molecule has 1 aliphatic rings. The van der Waals surface area contributed by atoms with Crippen molar-refractivity contribution >= 4 is 16.5 Å². The highest BCUT2D eigenvalue weighted by atomic mass is 16.3. The maximum atomic E-state index is 12.5. The van der Waals surface area contributed by atoms with Gasteiger partial charge in [0.1, 0.15) is 5.60 Å². The molecule has 1 aromatic heterocycles. The second kappa shape index (κ2) is 8.61. The molecule has 2 nitrogen and oxygen atoms in total. The Kier molecular flexibility index (Phi) is 5.64. The summed E-state index contributed by atoms with van der Waals surface area (Å²) < 4.78 is 0. The molecule has 166 valence electrons. The normalized spacial score (nSPS) is 17.6. The van der Waals surface area contributed by atoms with E-state index in [1.54, 1.807) is 0 Å². The Morgan fingerprint density at radius 2 is 1.48 bits per heavy atom. The van der Waals surface area contributed by atoms with Crippen molar-refractivity contribution < 1.29 is 5.11 Å². The molecule has 5 rings (SSSR count). The largest absolute Gasteiger partial charge is 0.381 e. The number of nitrogens with zero attached hydrogens (tertiary/aromatic N) is 1. The van der Waals surface area contributed by atoms with Crippen LogP contribution in [0, 0.1) is 6.92 Å². The van der Waals surface area contributed by atoms with Crippen LogP contribution in [-0.4, -0.2) is 10.1 Å². The first kappa shape index (κ1) is 21.6. The molecule has 1 unspecified atom stereocenters. The van der Waals surface area contributed by atoms with Gasteiger partial charge in [-0.3, -0.25) is 0 Å². The summed E-state index contributed by atoms with van der Waals surface area (Å²) >= 11 is 0. The van der Waals surface area contributed by atoms with Crippen molar-refractivity contribution in [3.63, 3.8) is 0 Å². The van der Waals surface area contributed by atoms with E-state index in [9.17, 15) is 5.11 Å². The highest BCUT2D eigenvalue weighted by Crippen LogP contribution is 2.55. The van der Waals surface area contributed by atoms with E-state index >= 15 is 0 Å². The monoisotopic (exact) mass is 433 g/mol. The van der Waals surface area contributed by atoms with Crippen molar-refractivity contribution in [3.05, 3.63) is 107 Å². The van der Waals surface area contributed by atoms with Gasteiger partial charge >= 0.3 is 0 Å². The number of benzene rings is 3. The molecule has 0 saturated carbocycles. The SMILES string of the molecule is CCCC1=C(c2ccccc2)c2c(c(-c3ccc(C)cc3)nc3ccccc23)C1(O)CCC. The Labute approximate surface area is 196 Å². The van der Waals surface area contributed by atoms with E-state index in [-0.39, 0.29) is 0 Å². The van der Waals surface area contributed by atoms with Gasteiger partial charge in [0, 0.05) is 22.1 Å². The molecule has 0 radical (unpaired) electrons. The minimum Gasteiger partial charge on any atom is -0.381 e. The van der Waals surface area contributed by atoms with Crippen LogP contribution >= 0.6 is 0 Å². The Morgan fingerprint density at radius 1 is 0.788 bits per heavy atom. The van der Waals surface area contributed by atoms with Gasteiger partial charge in [0.05, 0.1) is 11.2 Å². The Bertz CT molecular complexity index is 1330. The molecule has 4 aromatic rings. The van der Waals surface area contributed by atoms with Crippen molar-refractivity contribution in [2.24, 2.45) is 0 Å². The zero-order valence-corrected chi connectivity index (χ0v) is 19.7. The first-order chi connectivity index (χ1) is 16.1. The van der Waals surface area contributed by atoms with Crippen molar-refractivity contribution in [3.8, 4) is 11.3 Å². The van der Waals surface area contributed by atoms with E-state index in [1.807, 2.05) is 6.07 Å². The molecule has 2 heteroatoms. The Balaban J connectivity index is 1.95. The zero-order valence-electron chi connectivity index (χ0n) is 19.7. The van der Waals surface area contributed by atoms with Crippen LogP contribution < -0.4 is 0 Å². The molecule has 3 aromatic carbocycles. The first-order valence-electron chi connectivity index (χ1n) is 12.1. The van der Waals surface area contributed by atoms with E-state index in [0.29, 0.717) is 6.42 Å². The molecule has 0 spiro atoms. The van der Waals surface area contributed by atoms with E-state index in [4.69, 9.17) is 4.98 Å². The summed E-state index contributed by atoms with van der Waals surface area (Å²) in [4.78, 5) is 5.16. The summed E-state index contributed by atoms with van der Waals surface area (Å²) in [6.07, 6.45) is 3.42. The van der Waals surface area contributed by atoms with Gasteiger partial charge in [0.25, 0.3) is 0 Å². The van der Waals surface area contributed by atoms with E-state index < -0.39 is 5.60 Å². The summed E-state index contributed by atoms with van der Waals surface area (Å²) in [5.74, 6) is 0. The molecule has 1 aliphatic carbocycles. The topological polar surface area (TPSA) is 33.1 Å². The number of aryl methyl sites for hydroxylation is 1. The maximum Gasteiger partial charge on any atom is 0.114 e. The number of hydrogen-bond acceptors (Lipinski definition) is 2. The molecule has 0 amide bonds. The summed E-state index contributed by atoms with van der Waals surface area (Å²) in [6.45, 7) is 6.45. The van der Waals surface area contributed by atoms with Crippen molar-refractivity contribution in [1.82, 2.24) is 4.98 Å². The molecule has 33 heavy (non-hydrogen) atoms. The van der Waals surface area contributed by atoms with Crippen LogP contribution in [0.1, 0.15) is 61.8 Å². The summed E-state index contributed by atoms with van der Waals surface area (Å²) in [7, 11) is 0. The van der Waals surface area contributed by atoms with Crippen LogP contribution in [0.5, 0.6) is 0 Å². The number of para-hydroxylation sites is 1. The molecule has 0 fully saturated rings. The number of fused-ring (bicyclic) bond motifs is 3. The van der Waals surface area contributed by atoms with Gasteiger partial charge in [-0.25, -0.2) is 4.98 Å². The van der Waals surface area contributed by atoms with Crippen LogP contribution in [0.4, 0.5) is 0 Å². The first-order valence-corrected chi connectivity index (χ1v) is 12.1. The lowest BCUT2D eigenvalue weighted by atomic mass is 9.81. The molecule has 1 atom stereocenters. The smallest absolute Gasteiger partial charge is 0.114 e. The zero-order chi connectivity index (χ0) is 23.0. The highest BCUT2D eigenvalue weighted by Gasteiger charge is 2.46. The van der Waals surface area contributed by atoms with E-state index in [0.717, 1.165) is 58.1 Å². The number of rotatable bonds is 6. The van der Waals surface area contributed by atoms with Crippen molar-refractivity contribution in [2.45, 2.75) is 52.1 Å². The van der Waals surface area contributed by atoms with Crippen LogP contribution in [-0.2, 0) is 5.60 Å². The minimum absolute atomic E-state index is 0.685. The summed E-state index contributed by atoms with van der Waals surface area (Å²) in [6, 6.07) is 27.5. The van der Waals surface area contributed by atoms with E-state index in [2.05, 4.69) is 93.6 Å². The molecular weight excluding hydrogens is 402 g/mol. The molecule has 0 bridgehead atoms. The van der Waals surface area contributed by atoms with Crippen molar-refractivity contribution in [2.75, 3.05) is 0 Å². The molecule has 1 heterocycles. The standard InChI is InChI=1S/C31H31NO/c1-4-11-25-27(22-12-7-6-8-13-22)28-24-14-9-10-15-26(24)32-30(23-18-16-21(3)17-19-23)29(28)31(25,33)20-5-2/h6-10,12-19,33H,4-5,11,20H2,1-3H3. The minimum atomic E-state index is -1.03. The number of aromatic nitrogens is 1. The fourth-order valence-electron chi connectivity index (χ4n) is 5.45. The summed E-state index contributed by atoms with van der Waals surface area (Å²) in [5.41, 5.74) is 8.75. The quantitative estimate of drug-likeness (QED) is 0.336. The molecule has 0 aliphatic heterocycles. The van der Waals surface area contributed by atoms with Crippen LogP contribution in [0.2, 0.25) is 0 Å². The van der Waals surface area contributed by atoms with Gasteiger partial charge in [0.2, 0.25) is 0 Å². The Hall–Kier alpha value is -3.23. The number of pyridine rings is 1. The predicted octanol–water partition coefficient (Wildman–Crippen LogP) is 7.81. The average molecular weight is 434 g/mol. The van der Waals surface area contributed by atoms with Crippen LogP contribution in [0.15, 0.2) is 84.4 Å². The van der Waals surface area contributed by atoms with Gasteiger partial charge in [0.15, 0.2) is 0 Å². The summed E-state index contributed by atoms with van der Waals surface area (Å²) in [5, 5.41) is 13.6. The van der Waals surface area contributed by atoms with Gasteiger partial charge in [-0.2, -0.15) is 0 Å². The van der Waals surface area contributed by atoms with Gasteiger partial charge in [-0.15, -0.1) is 0 Å². The number of hydrogen-bond donors (Lipinski definition) is 1. The second-order valence-corrected chi connectivity index (χ2v) is 9.17. The fourth-order valence-corrected chi connectivity index (χ4v) is 5.45. The number of aliphatic hydroxyl groups is 1. The third-order valence-electron chi connectivity index (χ3n) is 6.86. The molecular formula is C31H31NO. The van der Waals surface area contributed by atoms with Gasteiger partial charge in [-0.1, -0.05) is 105 Å². The lowest BCUT2D eigenvalue weighted by molar-refractivity contribution is 0.0663. The van der Waals surface area contributed by atoms with Gasteiger partial charge < -0.3 is 5.11 Å². The van der Waals surface area contributed by atoms with Crippen LogP contribution in [0.3, 0.4) is 0 Å². The Morgan fingerprint density at radius 3 is 2.18 bits per heavy atom. The molecule has 1 N–H and O–H groups in total. The predicted molar refractivity (Wildman–Crippen MR) is 138 cm³/mol. The molecule has 0 saturated heterocycles. The lowest BCUT2D eigenvalue weighted by Crippen LogP contribution is -2.27. The highest BCUT2D eigenvalue weighted by molar-refractivity contribution is 6.04. The second-order valence-electron chi connectivity index (χ2n) is 9.17. The maximum absolute atomic E-state index is 12.5. The van der Waals surface area contributed by atoms with Gasteiger partial charge in [-0.05, 0) is 42.5 Å². The average Bonchev–Trinajstić information content (AvgIpc) is 3.09. The van der Waals surface area contributed by atoms with E-state index in [1.165, 1.54) is 16.7 Å².